The molecule has 0 aromatic heterocycles. The van der Waals surface area contributed by atoms with Gasteiger partial charge in [-0.05, 0) is 42.5 Å². The van der Waals surface area contributed by atoms with Crippen molar-refractivity contribution in [2.24, 2.45) is 0 Å². The van der Waals surface area contributed by atoms with E-state index in [2.05, 4.69) is 0 Å². The van der Waals surface area contributed by atoms with Crippen molar-refractivity contribution in [3.63, 3.8) is 0 Å². The van der Waals surface area contributed by atoms with Gasteiger partial charge >= 0.3 is 0 Å². The van der Waals surface area contributed by atoms with Crippen LogP contribution in [-0.2, 0) is 0 Å². The van der Waals surface area contributed by atoms with Crippen LogP contribution < -0.4 is 9.47 Å². The summed E-state index contributed by atoms with van der Waals surface area (Å²) in [6.07, 6.45) is 2.65. The average Bonchev–Trinajstić information content (AvgIpc) is 2.93. The topological polar surface area (TPSA) is 35.5 Å². The van der Waals surface area contributed by atoms with E-state index < -0.39 is 5.82 Å². The van der Waals surface area contributed by atoms with Crippen molar-refractivity contribution in [3.8, 4) is 11.5 Å². The molecule has 2 aromatic rings. The molecule has 0 spiro atoms. The largest absolute Gasteiger partial charge is 0.454 e. The van der Waals surface area contributed by atoms with E-state index in [0.717, 1.165) is 0 Å². The Morgan fingerprint density at radius 2 is 2.00 bits per heavy atom. The van der Waals surface area contributed by atoms with Gasteiger partial charge < -0.3 is 9.47 Å². The average molecular weight is 305 g/mol. The highest BCUT2D eigenvalue weighted by molar-refractivity contribution is 6.32. The second-order valence-electron chi connectivity index (χ2n) is 4.40. The van der Waals surface area contributed by atoms with Gasteiger partial charge in [-0.2, -0.15) is 0 Å². The summed E-state index contributed by atoms with van der Waals surface area (Å²) < 4.78 is 24.0. The molecule has 0 unspecified atom stereocenters. The zero-order chi connectivity index (χ0) is 14.8. The second-order valence-corrected chi connectivity index (χ2v) is 4.81. The Kier molecular flexibility index (Phi) is 3.62. The van der Waals surface area contributed by atoms with Crippen LogP contribution in [0.5, 0.6) is 11.5 Å². The lowest BCUT2D eigenvalue weighted by atomic mass is 10.1. The molecule has 21 heavy (non-hydrogen) atoms. The van der Waals surface area contributed by atoms with Crippen LogP contribution in [0.4, 0.5) is 4.39 Å². The number of hydrogen-bond acceptors (Lipinski definition) is 3. The minimum atomic E-state index is -0.475. The van der Waals surface area contributed by atoms with Gasteiger partial charge in [-0.3, -0.25) is 4.79 Å². The number of carbonyl (C=O) groups is 1. The first-order valence-electron chi connectivity index (χ1n) is 6.21. The summed E-state index contributed by atoms with van der Waals surface area (Å²) in [5.74, 6) is 0.385. The molecule has 0 N–H and O–H groups in total. The van der Waals surface area contributed by atoms with E-state index in [9.17, 15) is 9.18 Å². The van der Waals surface area contributed by atoms with Gasteiger partial charge in [0.25, 0.3) is 0 Å². The first kappa shape index (κ1) is 13.6. The summed E-state index contributed by atoms with van der Waals surface area (Å²) in [4.78, 5) is 12.1. The lowest BCUT2D eigenvalue weighted by Gasteiger charge is -2.01. The Morgan fingerprint density at radius 3 is 2.81 bits per heavy atom. The number of ketones is 1. The molecule has 0 atom stereocenters. The number of ether oxygens (including phenoxy) is 2. The molecule has 0 amide bonds. The summed E-state index contributed by atoms with van der Waals surface area (Å²) in [7, 11) is 0. The van der Waals surface area contributed by atoms with Crippen molar-refractivity contribution in [1.82, 2.24) is 0 Å². The molecule has 0 bridgehead atoms. The van der Waals surface area contributed by atoms with Crippen molar-refractivity contribution >= 4 is 23.5 Å². The molecule has 5 heteroatoms. The van der Waals surface area contributed by atoms with E-state index in [-0.39, 0.29) is 23.2 Å². The van der Waals surface area contributed by atoms with Crippen LogP contribution in [0.15, 0.2) is 42.5 Å². The van der Waals surface area contributed by atoms with Gasteiger partial charge in [0.2, 0.25) is 6.79 Å². The van der Waals surface area contributed by atoms with Crippen LogP contribution in [0.2, 0.25) is 5.02 Å². The molecule has 0 aliphatic carbocycles. The number of allylic oxidation sites excluding steroid dienone is 1. The second kappa shape index (κ2) is 5.58. The van der Waals surface area contributed by atoms with Crippen LogP contribution in [0.1, 0.15) is 15.9 Å². The third kappa shape index (κ3) is 2.76. The van der Waals surface area contributed by atoms with Gasteiger partial charge in [0.1, 0.15) is 5.82 Å². The van der Waals surface area contributed by atoms with Crippen LogP contribution in [-0.4, -0.2) is 12.6 Å². The van der Waals surface area contributed by atoms with Gasteiger partial charge in [0.05, 0.1) is 5.02 Å². The lowest BCUT2D eigenvalue weighted by molar-refractivity contribution is 0.104. The minimum absolute atomic E-state index is 0.146. The normalized spacial score (nSPS) is 12.9. The van der Waals surface area contributed by atoms with Crippen molar-refractivity contribution in [3.05, 3.63) is 64.4 Å². The van der Waals surface area contributed by atoms with Gasteiger partial charge in [0.15, 0.2) is 17.3 Å². The third-order valence-corrected chi connectivity index (χ3v) is 3.39. The lowest BCUT2D eigenvalue weighted by Crippen LogP contribution is -1.95. The highest BCUT2D eigenvalue weighted by atomic mass is 35.5. The van der Waals surface area contributed by atoms with Crippen molar-refractivity contribution in [2.45, 2.75) is 0 Å². The van der Waals surface area contributed by atoms with E-state index in [4.69, 9.17) is 21.1 Å². The monoisotopic (exact) mass is 304 g/mol. The first-order valence-corrected chi connectivity index (χ1v) is 6.59. The van der Waals surface area contributed by atoms with Crippen molar-refractivity contribution in [2.75, 3.05) is 6.79 Å². The molecular weight excluding hydrogens is 295 g/mol. The Balaban J connectivity index is 1.85. The maximum atomic E-state index is 13.6. The number of benzene rings is 2. The fraction of sp³-hybridized carbons (Fsp3) is 0.0625. The summed E-state index contributed by atoms with van der Waals surface area (Å²) in [6.45, 7) is 0.146. The highest BCUT2D eigenvalue weighted by Gasteiger charge is 2.15. The smallest absolute Gasteiger partial charge is 0.231 e. The molecule has 0 radical (unpaired) electrons. The van der Waals surface area contributed by atoms with Gasteiger partial charge in [-0.15, -0.1) is 0 Å². The summed E-state index contributed by atoms with van der Waals surface area (Å²) in [5.41, 5.74) is 0.622. The molecule has 106 valence electrons. The predicted octanol–water partition coefficient (Wildman–Crippen LogP) is 4.10. The van der Waals surface area contributed by atoms with Crippen molar-refractivity contribution < 1.29 is 18.7 Å². The number of halogens is 2. The number of carbonyl (C=O) groups excluding carboxylic acids is 1. The third-order valence-electron chi connectivity index (χ3n) is 3.06. The molecule has 3 nitrogen and oxygen atoms in total. The number of rotatable bonds is 3. The Hall–Kier alpha value is -2.33. The van der Waals surface area contributed by atoms with Gasteiger partial charge in [-0.25, -0.2) is 4.39 Å². The number of hydrogen-bond donors (Lipinski definition) is 0. The minimum Gasteiger partial charge on any atom is -0.454 e. The van der Waals surface area contributed by atoms with E-state index in [1.807, 2.05) is 0 Å². The maximum absolute atomic E-state index is 13.6. The fourth-order valence-corrected chi connectivity index (χ4v) is 2.20. The molecular formula is C16H10ClFO3. The SMILES string of the molecule is O=C(C=Cc1c(F)cccc1Cl)c1ccc2c(c1)OCO2. The van der Waals surface area contributed by atoms with E-state index in [1.54, 1.807) is 24.3 Å². The molecule has 1 aliphatic rings. The zero-order valence-electron chi connectivity index (χ0n) is 10.8. The molecule has 0 fully saturated rings. The Bertz CT molecular complexity index is 720. The van der Waals surface area contributed by atoms with Gasteiger partial charge in [0, 0.05) is 11.1 Å². The highest BCUT2D eigenvalue weighted by Crippen LogP contribution is 2.32. The molecule has 3 rings (SSSR count). The van der Waals surface area contributed by atoms with Crippen LogP contribution in [0.25, 0.3) is 6.08 Å². The molecule has 0 saturated heterocycles. The van der Waals surface area contributed by atoms with E-state index in [0.29, 0.717) is 17.1 Å². The molecule has 1 aliphatic heterocycles. The Labute approximate surface area is 125 Å². The molecule has 2 aromatic carbocycles. The zero-order valence-corrected chi connectivity index (χ0v) is 11.6. The van der Waals surface area contributed by atoms with E-state index in [1.165, 1.54) is 24.3 Å². The maximum Gasteiger partial charge on any atom is 0.231 e. The fourth-order valence-electron chi connectivity index (χ4n) is 1.97. The number of fused-ring (bicyclic) bond motifs is 1. The van der Waals surface area contributed by atoms with Crippen LogP contribution in [0, 0.1) is 5.82 Å². The molecule has 1 heterocycles. The Morgan fingerprint density at radius 1 is 1.19 bits per heavy atom. The molecule has 0 saturated carbocycles. The van der Waals surface area contributed by atoms with Gasteiger partial charge in [-0.1, -0.05) is 17.7 Å². The predicted molar refractivity (Wildman–Crippen MR) is 77.3 cm³/mol. The summed E-state index contributed by atoms with van der Waals surface area (Å²) in [6, 6.07) is 9.25. The van der Waals surface area contributed by atoms with E-state index >= 15 is 0 Å². The van der Waals surface area contributed by atoms with Crippen LogP contribution >= 0.6 is 11.6 Å². The summed E-state index contributed by atoms with van der Waals surface area (Å²) in [5, 5.41) is 0.254. The quantitative estimate of drug-likeness (QED) is 0.632. The summed E-state index contributed by atoms with van der Waals surface area (Å²) >= 11 is 5.90. The van der Waals surface area contributed by atoms with Crippen LogP contribution in [0.3, 0.4) is 0 Å². The first-order chi connectivity index (χ1) is 10.1. The standard InChI is InChI=1S/C16H10ClFO3/c17-12-2-1-3-13(18)11(12)5-6-14(19)10-4-7-15-16(8-10)21-9-20-15/h1-8H,9H2. The van der Waals surface area contributed by atoms with Crippen molar-refractivity contribution in [1.29, 1.82) is 0 Å².